The van der Waals surface area contributed by atoms with E-state index in [0.29, 0.717) is 17.7 Å². The van der Waals surface area contributed by atoms with Crippen LogP contribution in [0.4, 0.5) is 10.5 Å². The van der Waals surface area contributed by atoms with Gasteiger partial charge in [-0.1, -0.05) is 13.8 Å². The zero-order valence-electron chi connectivity index (χ0n) is 15.0. The van der Waals surface area contributed by atoms with Gasteiger partial charge in [0.25, 0.3) is 5.69 Å². The van der Waals surface area contributed by atoms with Crippen molar-refractivity contribution in [3.05, 3.63) is 33.9 Å². The lowest BCUT2D eigenvalue weighted by molar-refractivity contribution is -0.384. The van der Waals surface area contributed by atoms with Crippen molar-refractivity contribution in [1.29, 1.82) is 0 Å². The van der Waals surface area contributed by atoms with Crippen LogP contribution in [0.5, 0.6) is 5.75 Å². The summed E-state index contributed by atoms with van der Waals surface area (Å²) >= 11 is 0. The van der Waals surface area contributed by atoms with E-state index in [1.807, 2.05) is 0 Å². The Morgan fingerprint density at radius 2 is 1.88 bits per heavy atom. The minimum atomic E-state index is -0.819. The lowest BCUT2D eigenvalue weighted by Crippen LogP contribution is -2.27. The highest BCUT2D eigenvalue weighted by Gasteiger charge is 2.20. The van der Waals surface area contributed by atoms with E-state index in [4.69, 9.17) is 9.47 Å². The van der Waals surface area contributed by atoms with Crippen molar-refractivity contribution >= 4 is 11.8 Å². The normalized spacial score (nSPS) is 11.4. The van der Waals surface area contributed by atoms with Crippen molar-refractivity contribution in [2.24, 2.45) is 0 Å². The summed E-state index contributed by atoms with van der Waals surface area (Å²) in [6.07, 6.45) is -0.276. The number of ether oxygens (including phenoxy) is 2. The first-order valence-electron chi connectivity index (χ1n) is 8.06. The van der Waals surface area contributed by atoms with Gasteiger partial charge in [-0.3, -0.25) is 10.1 Å². The first kappa shape index (κ1) is 19.9. The molecule has 24 heavy (non-hydrogen) atoms. The molecule has 0 heterocycles. The van der Waals surface area contributed by atoms with Gasteiger partial charge in [0.05, 0.1) is 4.92 Å². The molecular weight excluding hydrogens is 312 g/mol. The van der Waals surface area contributed by atoms with Crippen LogP contribution in [0.3, 0.4) is 0 Å². The maximum atomic E-state index is 11.9. The van der Waals surface area contributed by atoms with E-state index < -0.39 is 16.7 Å². The van der Waals surface area contributed by atoms with Crippen LogP contribution < -0.4 is 4.74 Å². The monoisotopic (exact) mass is 338 g/mol. The molecule has 0 radical (unpaired) electrons. The number of non-ortho nitro benzene ring substituents is 1. The minimum Gasteiger partial charge on any atom is -0.428 e. The Morgan fingerprint density at radius 1 is 1.25 bits per heavy atom. The Hall–Kier alpha value is -2.15. The van der Waals surface area contributed by atoms with Gasteiger partial charge in [-0.15, -0.1) is 0 Å². The van der Waals surface area contributed by atoms with Gasteiger partial charge in [0.15, 0.2) is 0 Å². The van der Waals surface area contributed by atoms with Crippen molar-refractivity contribution in [2.75, 3.05) is 19.6 Å². The number of nitrogens with zero attached hydrogens (tertiary/aromatic N) is 2. The van der Waals surface area contributed by atoms with Crippen LogP contribution in [-0.2, 0) is 11.2 Å². The molecule has 0 aliphatic carbocycles. The van der Waals surface area contributed by atoms with Crippen molar-refractivity contribution in [3.63, 3.8) is 0 Å². The second-order valence-corrected chi connectivity index (χ2v) is 6.39. The van der Waals surface area contributed by atoms with Crippen LogP contribution >= 0.6 is 0 Å². The van der Waals surface area contributed by atoms with Crippen molar-refractivity contribution in [1.82, 2.24) is 4.90 Å². The minimum absolute atomic E-state index is 0.0268. The van der Waals surface area contributed by atoms with Gasteiger partial charge in [0.2, 0.25) is 0 Å². The third kappa shape index (κ3) is 6.54. The largest absolute Gasteiger partial charge is 0.514 e. The summed E-state index contributed by atoms with van der Waals surface area (Å²) in [7, 11) is 0. The van der Waals surface area contributed by atoms with Crippen molar-refractivity contribution < 1.29 is 19.2 Å². The summed E-state index contributed by atoms with van der Waals surface area (Å²) in [4.78, 5) is 24.6. The van der Waals surface area contributed by atoms with E-state index >= 15 is 0 Å². The molecule has 0 N–H and O–H groups in total. The second-order valence-electron chi connectivity index (χ2n) is 6.39. The van der Waals surface area contributed by atoms with Gasteiger partial charge in [0.1, 0.15) is 11.4 Å². The molecule has 0 bridgehead atoms. The molecule has 0 unspecified atom stereocenters. The van der Waals surface area contributed by atoms with Crippen LogP contribution in [0.1, 0.15) is 40.2 Å². The zero-order chi connectivity index (χ0) is 18.3. The first-order valence-corrected chi connectivity index (χ1v) is 8.06. The topological polar surface area (TPSA) is 81.9 Å². The summed E-state index contributed by atoms with van der Waals surface area (Å²) in [6, 6.07) is 4.21. The number of carbonyl (C=O) groups excluding carboxylic acids is 1. The Labute approximate surface area is 142 Å². The summed E-state index contributed by atoms with van der Waals surface area (Å²) in [5.74, 6) is 0.294. The summed E-state index contributed by atoms with van der Waals surface area (Å²) < 4.78 is 10.4. The third-order valence-electron chi connectivity index (χ3n) is 3.43. The molecule has 7 nitrogen and oxygen atoms in total. The Bertz CT molecular complexity index is 577. The number of nitro groups is 1. The average molecular weight is 338 g/mol. The van der Waals surface area contributed by atoms with Crippen LogP contribution in [0, 0.1) is 10.1 Å². The third-order valence-corrected chi connectivity index (χ3v) is 3.43. The van der Waals surface area contributed by atoms with E-state index in [0.717, 1.165) is 19.6 Å². The van der Waals surface area contributed by atoms with Crippen LogP contribution in [-0.4, -0.2) is 41.2 Å². The molecule has 0 atom stereocenters. The van der Waals surface area contributed by atoms with Crippen molar-refractivity contribution in [2.45, 2.75) is 46.6 Å². The number of nitro benzene ring substituents is 1. The zero-order valence-corrected chi connectivity index (χ0v) is 15.0. The van der Waals surface area contributed by atoms with Gasteiger partial charge in [-0.05, 0) is 46.3 Å². The molecule has 0 saturated carbocycles. The average Bonchev–Trinajstić information content (AvgIpc) is 2.47. The van der Waals surface area contributed by atoms with E-state index in [9.17, 15) is 14.9 Å². The molecule has 0 aliphatic heterocycles. The van der Waals surface area contributed by atoms with Gasteiger partial charge < -0.3 is 14.4 Å². The highest BCUT2D eigenvalue weighted by Crippen LogP contribution is 2.26. The number of likely N-dealkylation sites (N-methyl/N-ethyl adjacent to an activating group) is 1. The molecule has 0 fully saturated rings. The molecule has 0 aromatic heterocycles. The lowest BCUT2D eigenvalue weighted by Gasteiger charge is -2.20. The maximum absolute atomic E-state index is 11.9. The summed E-state index contributed by atoms with van der Waals surface area (Å²) in [6.45, 7) is 11.8. The predicted octanol–water partition coefficient (Wildman–Crippen LogP) is 3.79. The number of hydrogen-bond acceptors (Lipinski definition) is 6. The standard InChI is InChI=1S/C17H26N2O5/c1-6-18(7-2)11-10-13-12-14(19(21)22)8-9-15(13)23-16(20)24-17(3,4)5/h8-9,12H,6-7,10-11H2,1-5H3. The fourth-order valence-electron chi connectivity index (χ4n) is 2.15. The second kappa shape index (κ2) is 8.63. The SMILES string of the molecule is CCN(CC)CCc1cc([N+](=O)[O-])ccc1OC(=O)OC(C)(C)C. The number of carbonyl (C=O) groups is 1. The van der Waals surface area contributed by atoms with Crippen LogP contribution in [0.15, 0.2) is 18.2 Å². The van der Waals surface area contributed by atoms with Crippen LogP contribution in [0.2, 0.25) is 0 Å². The van der Waals surface area contributed by atoms with E-state index in [-0.39, 0.29) is 5.69 Å². The molecule has 134 valence electrons. The highest BCUT2D eigenvalue weighted by atomic mass is 16.7. The predicted molar refractivity (Wildman–Crippen MR) is 91.5 cm³/mol. The molecule has 0 aliphatic rings. The molecule has 0 amide bonds. The molecule has 1 aromatic carbocycles. The van der Waals surface area contributed by atoms with Crippen LogP contribution in [0.25, 0.3) is 0 Å². The van der Waals surface area contributed by atoms with E-state index in [1.165, 1.54) is 18.2 Å². The molecule has 0 spiro atoms. The fourth-order valence-corrected chi connectivity index (χ4v) is 2.15. The first-order chi connectivity index (χ1) is 11.2. The van der Waals surface area contributed by atoms with Gasteiger partial charge in [0, 0.05) is 24.2 Å². The van der Waals surface area contributed by atoms with Gasteiger partial charge >= 0.3 is 6.16 Å². The highest BCUT2D eigenvalue weighted by molar-refractivity contribution is 5.65. The fraction of sp³-hybridized carbons (Fsp3) is 0.588. The smallest absolute Gasteiger partial charge is 0.428 e. The lowest BCUT2D eigenvalue weighted by atomic mass is 10.1. The summed E-state index contributed by atoms with van der Waals surface area (Å²) in [5.41, 5.74) is -0.0813. The van der Waals surface area contributed by atoms with E-state index in [2.05, 4.69) is 18.7 Å². The summed E-state index contributed by atoms with van der Waals surface area (Å²) in [5, 5.41) is 11.0. The number of benzene rings is 1. The van der Waals surface area contributed by atoms with Gasteiger partial charge in [-0.25, -0.2) is 4.79 Å². The van der Waals surface area contributed by atoms with Crippen molar-refractivity contribution in [3.8, 4) is 5.75 Å². The van der Waals surface area contributed by atoms with Gasteiger partial charge in [-0.2, -0.15) is 0 Å². The van der Waals surface area contributed by atoms with E-state index in [1.54, 1.807) is 20.8 Å². The molecule has 1 aromatic rings. The quantitative estimate of drug-likeness (QED) is 0.325. The number of rotatable bonds is 7. The Balaban J connectivity index is 2.96. The molecule has 1 rings (SSSR count). The molecule has 0 saturated heterocycles. The Kier molecular flexibility index (Phi) is 7.16. The molecule has 7 heteroatoms. The number of hydrogen-bond donors (Lipinski definition) is 0. The molecular formula is C17H26N2O5. The maximum Gasteiger partial charge on any atom is 0.514 e. The Morgan fingerprint density at radius 3 is 2.38 bits per heavy atom.